The number of piperidine rings is 3. The minimum atomic E-state index is -0.839. The number of H-pyrrole nitrogens is 1. The molecule has 2 aromatic heterocycles. The molecule has 3 fully saturated rings. The topological polar surface area (TPSA) is 183 Å². The molecule has 3 aliphatic heterocycles. The Morgan fingerprint density at radius 1 is 0.964 bits per heavy atom. The van der Waals surface area contributed by atoms with Crippen molar-refractivity contribution in [3.63, 3.8) is 0 Å². The van der Waals surface area contributed by atoms with Crippen LogP contribution < -0.4 is 26.2 Å². The maximum atomic E-state index is 13.2. The summed E-state index contributed by atoms with van der Waals surface area (Å²) in [6.45, 7) is 4.48. The molecule has 3 unspecified atom stereocenters. The number of nitrogens with one attached hydrogen (secondary N) is 4. The zero-order valence-electron chi connectivity index (χ0n) is 31.4. The number of hydrogen-bond acceptors (Lipinski definition) is 10. The Bertz CT molecular complexity index is 2180. The number of aromatic nitrogens is 3. The third-order valence-corrected chi connectivity index (χ3v) is 10.7. The van der Waals surface area contributed by atoms with Gasteiger partial charge in [-0.25, -0.2) is 4.79 Å². The van der Waals surface area contributed by atoms with Crippen LogP contribution in [0.25, 0.3) is 10.9 Å². The van der Waals surface area contributed by atoms with Crippen molar-refractivity contribution in [2.24, 2.45) is 13.0 Å². The van der Waals surface area contributed by atoms with Gasteiger partial charge in [0, 0.05) is 38.1 Å². The number of aromatic hydroxyl groups is 1. The summed E-state index contributed by atoms with van der Waals surface area (Å²) < 4.78 is 13.8. The number of alkyl carbamates (subject to hydrolysis) is 1. The molecule has 5 heterocycles. The number of aliphatic hydroxyl groups excluding tert-OH is 1. The van der Waals surface area contributed by atoms with Gasteiger partial charge in [0.2, 0.25) is 5.56 Å². The number of nitrogens with zero attached hydrogens (tertiary/aromatic N) is 3. The number of unbranched alkanes of at least 4 members (excludes halogenated alkanes) is 1. The van der Waals surface area contributed by atoms with E-state index >= 15 is 0 Å². The Balaban J connectivity index is 0.867. The lowest BCUT2D eigenvalue weighted by molar-refractivity contribution is -0.0336. The first kappa shape index (κ1) is 38.6. The zero-order chi connectivity index (χ0) is 39.0. The van der Waals surface area contributed by atoms with E-state index < -0.39 is 18.2 Å². The minimum absolute atomic E-state index is 0.0534. The van der Waals surface area contributed by atoms with Gasteiger partial charge in [0.25, 0.3) is 5.91 Å². The zero-order valence-corrected chi connectivity index (χ0v) is 31.4. The molecule has 3 saturated heterocycles. The van der Waals surface area contributed by atoms with E-state index in [0.717, 1.165) is 55.7 Å². The summed E-state index contributed by atoms with van der Waals surface area (Å²) in [5.74, 6) is 0.686. The van der Waals surface area contributed by atoms with Crippen molar-refractivity contribution in [3.8, 4) is 11.5 Å². The van der Waals surface area contributed by atoms with Crippen LogP contribution in [0.15, 0.2) is 89.7 Å². The first-order valence-electron chi connectivity index (χ1n) is 19.2. The number of carbonyl (C=O) groups is 2. The number of fused-ring (bicyclic) bond motifs is 4. The molecule has 0 aliphatic carbocycles. The Hall–Kier alpha value is -5.70. The highest BCUT2D eigenvalue weighted by Crippen LogP contribution is 2.31. The van der Waals surface area contributed by atoms with Crippen molar-refractivity contribution in [2.75, 3.05) is 39.3 Å². The Morgan fingerprint density at radius 2 is 1.75 bits per heavy atom. The third kappa shape index (κ3) is 9.39. The summed E-state index contributed by atoms with van der Waals surface area (Å²) in [6, 6.07) is 24.7. The summed E-state index contributed by atoms with van der Waals surface area (Å²) >= 11 is 0. The maximum Gasteiger partial charge on any atom is 0.408 e. The van der Waals surface area contributed by atoms with Gasteiger partial charge in [-0.05, 0) is 98.3 Å². The molecule has 0 radical (unpaired) electrons. The highest BCUT2D eigenvalue weighted by atomic mass is 16.6. The number of aromatic amines is 1. The molecule has 294 valence electrons. The molecule has 2 bridgehead atoms. The van der Waals surface area contributed by atoms with Gasteiger partial charge in [-0.1, -0.05) is 48.5 Å². The SMILES string of the molecule is Cn1nc(C(=O)NCCCCNCC(O)c2ccc(O)c3[nH]c(=O)ccc23)cc1COc1cccc(C(NC(=O)OC2CN3CCC2CC3)c2ccccc2)c1. The Morgan fingerprint density at radius 3 is 2.54 bits per heavy atom. The number of phenolic OH excluding ortho intramolecular Hbond substituents is 1. The van der Waals surface area contributed by atoms with Crippen LogP contribution in [0.2, 0.25) is 0 Å². The first-order valence-corrected chi connectivity index (χ1v) is 19.2. The highest BCUT2D eigenvalue weighted by molar-refractivity contribution is 5.92. The number of aliphatic hydroxyl groups is 1. The van der Waals surface area contributed by atoms with Gasteiger partial charge in [0.05, 0.1) is 23.4 Å². The molecule has 5 aromatic rings. The number of phenols is 1. The molecule has 14 heteroatoms. The minimum Gasteiger partial charge on any atom is -0.506 e. The van der Waals surface area contributed by atoms with Crippen LogP contribution in [0.4, 0.5) is 4.79 Å². The number of amides is 2. The maximum absolute atomic E-state index is 13.2. The van der Waals surface area contributed by atoms with Crippen molar-refractivity contribution in [1.82, 2.24) is 35.6 Å². The second-order valence-electron chi connectivity index (χ2n) is 14.5. The standard InChI is InChI=1S/C42H49N7O7/c1-48-30(23-34(47-48)41(53)44-19-6-5-18-43-24-36(51)32-12-14-35(50)40-33(32)13-15-38(52)45-40)26-55-31-11-7-10-29(22-31)39(28-8-3-2-4-9-28)46-42(54)56-37-25-49-20-16-27(37)17-21-49/h2-4,7-15,22-23,27,36-37,39,43,50-51H,5-6,16-21,24-26H2,1H3,(H,44,53)(H,45,52)(H,46,54). The molecule has 0 saturated carbocycles. The number of ether oxygens (including phenoxy) is 2. The number of hydrogen-bond donors (Lipinski definition) is 6. The molecule has 6 N–H and O–H groups in total. The lowest BCUT2D eigenvalue weighted by Crippen LogP contribution is -2.52. The summed E-state index contributed by atoms with van der Waals surface area (Å²) in [7, 11) is 1.77. The fraction of sp³-hybridized carbons (Fsp3) is 0.381. The normalized spacial score (nSPS) is 18.6. The summed E-state index contributed by atoms with van der Waals surface area (Å²) in [5.41, 5.74) is 3.35. The average Bonchev–Trinajstić information content (AvgIpc) is 3.60. The predicted molar refractivity (Wildman–Crippen MR) is 210 cm³/mol. The van der Waals surface area contributed by atoms with Crippen molar-refractivity contribution in [2.45, 2.75) is 50.5 Å². The van der Waals surface area contributed by atoms with E-state index in [1.165, 1.54) is 12.1 Å². The van der Waals surface area contributed by atoms with E-state index in [1.807, 2.05) is 54.6 Å². The van der Waals surface area contributed by atoms with Crippen LogP contribution in [-0.2, 0) is 18.4 Å². The molecule has 0 spiro atoms. The second-order valence-corrected chi connectivity index (χ2v) is 14.5. The van der Waals surface area contributed by atoms with Gasteiger partial charge in [0.1, 0.15) is 24.2 Å². The van der Waals surface area contributed by atoms with E-state index in [2.05, 4.69) is 30.9 Å². The number of benzene rings is 3. The first-order chi connectivity index (χ1) is 27.2. The lowest BCUT2D eigenvalue weighted by Gasteiger charge is -2.43. The van der Waals surface area contributed by atoms with Crippen molar-refractivity contribution in [1.29, 1.82) is 0 Å². The monoisotopic (exact) mass is 763 g/mol. The number of rotatable bonds is 16. The van der Waals surface area contributed by atoms with E-state index in [9.17, 15) is 24.6 Å². The van der Waals surface area contributed by atoms with E-state index in [4.69, 9.17) is 9.47 Å². The van der Waals surface area contributed by atoms with Crippen molar-refractivity contribution >= 4 is 22.9 Å². The smallest absolute Gasteiger partial charge is 0.408 e. The fourth-order valence-corrected chi connectivity index (χ4v) is 7.60. The largest absolute Gasteiger partial charge is 0.506 e. The molecule has 8 rings (SSSR count). The third-order valence-electron chi connectivity index (χ3n) is 10.7. The van der Waals surface area contributed by atoms with Gasteiger partial charge in [-0.15, -0.1) is 0 Å². The van der Waals surface area contributed by atoms with Gasteiger partial charge in [-0.2, -0.15) is 5.10 Å². The average molecular weight is 764 g/mol. The molecular formula is C42H49N7O7. The van der Waals surface area contributed by atoms with E-state index in [0.29, 0.717) is 53.3 Å². The quantitative estimate of drug-likeness (QED) is 0.0794. The Kier molecular flexibility index (Phi) is 12.3. The number of aryl methyl sites for hydroxylation is 1. The molecule has 56 heavy (non-hydrogen) atoms. The predicted octanol–water partition coefficient (Wildman–Crippen LogP) is 4.29. The molecule has 3 atom stereocenters. The number of pyridine rings is 1. The number of carbonyl (C=O) groups excluding carboxylic acids is 2. The van der Waals surface area contributed by atoms with Crippen LogP contribution in [0, 0.1) is 5.92 Å². The van der Waals surface area contributed by atoms with Gasteiger partial charge >= 0.3 is 6.09 Å². The fourth-order valence-electron chi connectivity index (χ4n) is 7.60. The van der Waals surface area contributed by atoms with Crippen LogP contribution in [-0.4, -0.2) is 87.3 Å². The van der Waals surface area contributed by atoms with Crippen LogP contribution in [0.3, 0.4) is 0 Å². The van der Waals surface area contributed by atoms with E-state index in [1.54, 1.807) is 29.9 Å². The van der Waals surface area contributed by atoms with Crippen LogP contribution in [0.1, 0.15) is 70.7 Å². The Labute approximate surface area is 324 Å². The van der Waals surface area contributed by atoms with Crippen LogP contribution >= 0.6 is 0 Å². The van der Waals surface area contributed by atoms with E-state index in [-0.39, 0.29) is 36.5 Å². The second kappa shape index (κ2) is 17.8. The summed E-state index contributed by atoms with van der Waals surface area (Å²) in [4.78, 5) is 42.8. The van der Waals surface area contributed by atoms with Crippen LogP contribution in [0.5, 0.6) is 11.5 Å². The van der Waals surface area contributed by atoms with Gasteiger partial charge < -0.3 is 40.6 Å². The molecule has 14 nitrogen and oxygen atoms in total. The van der Waals surface area contributed by atoms with Crippen molar-refractivity contribution < 1.29 is 29.3 Å². The molecule has 3 aromatic carbocycles. The summed E-state index contributed by atoms with van der Waals surface area (Å²) in [6.07, 6.45) is 2.23. The van der Waals surface area contributed by atoms with Gasteiger partial charge in [-0.3, -0.25) is 19.2 Å². The highest BCUT2D eigenvalue weighted by Gasteiger charge is 2.37. The molecule has 3 aliphatic rings. The molecular weight excluding hydrogens is 715 g/mol. The molecule has 2 amide bonds. The van der Waals surface area contributed by atoms with Gasteiger partial charge in [0.15, 0.2) is 5.69 Å². The van der Waals surface area contributed by atoms with Crippen molar-refractivity contribution in [3.05, 3.63) is 123 Å². The lowest BCUT2D eigenvalue weighted by atomic mass is 9.86. The summed E-state index contributed by atoms with van der Waals surface area (Å²) in [5, 5.41) is 35.1.